The van der Waals surface area contributed by atoms with E-state index in [0.717, 1.165) is 37.3 Å². The Morgan fingerprint density at radius 3 is 2.88 bits per heavy atom. The summed E-state index contributed by atoms with van der Waals surface area (Å²) in [7, 11) is 0. The molecule has 4 heterocycles. The normalized spacial score (nSPS) is 25.0. The number of imidazole rings is 1. The summed E-state index contributed by atoms with van der Waals surface area (Å²) in [5.74, 6) is 1.86. The van der Waals surface area contributed by atoms with E-state index in [4.69, 9.17) is 10.7 Å². The summed E-state index contributed by atoms with van der Waals surface area (Å²) in [5.41, 5.74) is 6.80. The number of nitrogen functional groups attached to an aromatic ring is 1. The molecule has 2 saturated heterocycles. The van der Waals surface area contributed by atoms with E-state index in [-0.39, 0.29) is 11.8 Å². The largest absolute Gasteiger partial charge is 0.382 e. The smallest absolute Gasteiger partial charge is 0.237 e. The van der Waals surface area contributed by atoms with Gasteiger partial charge in [-0.05, 0) is 42.6 Å². The van der Waals surface area contributed by atoms with E-state index in [9.17, 15) is 4.79 Å². The minimum absolute atomic E-state index is 0.214. The first-order chi connectivity index (χ1) is 12.0. The van der Waals surface area contributed by atoms with Gasteiger partial charge in [0.15, 0.2) is 5.82 Å². The van der Waals surface area contributed by atoms with Crippen molar-refractivity contribution in [2.75, 3.05) is 25.4 Å². The molecule has 0 unspecified atom stereocenters. The molecular formula is C17H23BrN6O. The summed E-state index contributed by atoms with van der Waals surface area (Å²) in [6.07, 6.45) is 5.61. The number of rotatable bonds is 2. The molecular weight excluding hydrogens is 384 g/mol. The van der Waals surface area contributed by atoms with Gasteiger partial charge in [-0.3, -0.25) is 14.1 Å². The quantitative estimate of drug-likeness (QED) is 0.823. The molecule has 0 aromatic carbocycles. The Morgan fingerprint density at radius 2 is 2.12 bits per heavy atom. The van der Waals surface area contributed by atoms with Gasteiger partial charge in [-0.2, -0.15) is 0 Å². The third-order valence-electron chi connectivity index (χ3n) is 5.47. The summed E-state index contributed by atoms with van der Waals surface area (Å²) in [6.45, 7) is 6.52. The molecule has 0 saturated carbocycles. The number of piperidine rings is 1. The van der Waals surface area contributed by atoms with E-state index < -0.39 is 0 Å². The van der Waals surface area contributed by atoms with Gasteiger partial charge in [-0.25, -0.2) is 9.97 Å². The number of halogens is 1. The van der Waals surface area contributed by atoms with Crippen molar-refractivity contribution in [3.8, 4) is 0 Å². The van der Waals surface area contributed by atoms with E-state index in [0.29, 0.717) is 29.0 Å². The second-order valence-corrected chi connectivity index (χ2v) is 8.04. The predicted octanol–water partition coefficient (Wildman–Crippen LogP) is 1.87. The van der Waals surface area contributed by atoms with Crippen molar-refractivity contribution in [1.82, 2.24) is 24.2 Å². The molecule has 0 spiro atoms. The molecule has 2 fully saturated rings. The van der Waals surface area contributed by atoms with E-state index in [1.54, 1.807) is 6.20 Å². The third-order valence-corrected chi connectivity index (χ3v) is 6.03. The van der Waals surface area contributed by atoms with Crippen LogP contribution in [0.3, 0.4) is 0 Å². The molecule has 4 rings (SSSR count). The third kappa shape index (κ3) is 2.81. The molecule has 2 aliphatic rings. The van der Waals surface area contributed by atoms with Crippen LogP contribution >= 0.6 is 15.9 Å². The molecule has 8 heteroatoms. The molecule has 7 nitrogen and oxygen atoms in total. The van der Waals surface area contributed by atoms with Crippen molar-refractivity contribution >= 4 is 33.2 Å². The fourth-order valence-corrected chi connectivity index (χ4v) is 4.63. The number of carbonyl (C=O) groups excluding carboxylic acids is 1. The van der Waals surface area contributed by atoms with E-state index in [1.807, 2.05) is 10.6 Å². The monoisotopic (exact) mass is 406 g/mol. The molecule has 134 valence electrons. The van der Waals surface area contributed by atoms with Crippen LogP contribution in [0.5, 0.6) is 0 Å². The first-order valence-corrected chi connectivity index (χ1v) is 9.56. The van der Waals surface area contributed by atoms with Crippen molar-refractivity contribution in [2.45, 2.75) is 44.7 Å². The molecule has 2 N–H and O–H groups in total. The minimum atomic E-state index is 0.214. The lowest BCUT2D eigenvalue weighted by atomic mass is 9.90. The number of fused-ring (bicyclic) bond motifs is 2. The summed E-state index contributed by atoms with van der Waals surface area (Å²) < 4.78 is 2.72. The van der Waals surface area contributed by atoms with Gasteiger partial charge in [-0.15, -0.1) is 0 Å². The van der Waals surface area contributed by atoms with Crippen LogP contribution in [0.4, 0.5) is 5.82 Å². The van der Waals surface area contributed by atoms with Gasteiger partial charge in [0.1, 0.15) is 15.9 Å². The molecule has 2 aliphatic heterocycles. The first-order valence-electron chi connectivity index (χ1n) is 8.77. The van der Waals surface area contributed by atoms with Crippen LogP contribution in [0.25, 0.3) is 5.52 Å². The van der Waals surface area contributed by atoms with Crippen LogP contribution in [0, 0.1) is 0 Å². The van der Waals surface area contributed by atoms with Crippen LogP contribution in [-0.4, -0.2) is 61.8 Å². The van der Waals surface area contributed by atoms with Gasteiger partial charge in [-0.1, -0.05) is 0 Å². The average Bonchev–Trinajstić information content (AvgIpc) is 2.92. The molecule has 25 heavy (non-hydrogen) atoms. The zero-order chi connectivity index (χ0) is 17.7. The van der Waals surface area contributed by atoms with Crippen LogP contribution in [0.15, 0.2) is 17.0 Å². The Hall–Kier alpha value is -1.67. The number of aromatic nitrogens is 3. The fraction of sp³-hybridized carbons (Fsp3) is 0.588. The van der Waals surface area contributed by atoms with Gasteiger partial charge in [0.05, 0.1) is 6.54 Å². The van der Waals surface area contributed by atoms with Gasteiger partial charge in [0, 0.05) is 43.5 Å². The average molecular weight is 407 g/mol. The highest BCUT2D eigenvalue weighted by Gasteiger charge is 2.39. The Labute approximate surface area is 155 Å². The first kappa shape index (κ1) is 16.8. The van der Waals surface area contributed by atoms with Crippen molar-refractivity contribution in [3.63, 3.8) is 0 Å². The highest BCUT2D eigenvalue weighted by atomic mass is 79.9. The van der Waals surface area contributed by atoms with E-state index in [2.05, 4.69) is 44.6 Å². The number of nitrogens with zero attached hydrogens (tertiary/aromatic N) is 5. The maximum Gasteiger partial charge on any atom is 0.237 e. The van der Waals surface area contributed by atoms with E-state index in [1.165, 1.54) is 0 Å². The highest BCUT2D eigenvalue weighted by Crippen LogP contribution is 2.34. The van der Waals surface area contributed by atoms with Crippen molar-refractivity contribution < 1.29 is 4.79 Å². The molecule has 0 radical (unpaired) electrons. The summed E-state index contributed by atoms with van der Waals surface area (Å²) >= 11 is 3.50. The zero-order valence-electron chi connectivity index (χ0n) is 14.5. The van der Waals surface area contributed by atoms with Crippen LogP contribution in [0.2, 0.25) is 0 Å². The molecule has 1 amide bonds. The Kier molecular flexibility index (Phi) is 4.19. The lowest BCUT2D eigenvalue weighted by Gasteiger charge is -2.46. The van der Waals surface area contributed by atoms with Crippen molar-refractivity contribution in [1.29, 1.82) is 0 Å². The number of carbonyl (C=O) groups is 1. The van der Waals surface area contributed by atoms with E-state index >= 15 is 0 Å². The summed E-state index contributed by atoms with van der Waals surface area (Å²) in [4.78, 5) is 25.8. The molecule has 0 bridgehead atoms. The Morgan fingerprint density at radius 1 is 1.32 bits per heavy atom. The number of hydrogen-bond acceptors (Lipinski definition) is 5. The number of anilines is 1. The topological polar surface area (TPSA) is 79.8 Å². The maximum absolute atomic E-state index is 12.7. The molecule has 2 atom stereocenters. The lowest BCUT2D eigenvalue weighted by molar-refractivity contribution is -0.143. The van der Waals surface area contributed by atoms with Gasteiger partial charge in [0.25, 0.3) is 0 Å². The maximum atomic E-state index is 12.7. The van der Waals surface area contributed by atoms with Gasteiger partial charge >= 0.3 is 0 Å². The molecule has 2 aromatic heterocycles. The Balaban J connectivity index is 1.61. The van der Waals surface area contributed by atoms with Crippen molar-refractivity contribution in [3.05, 3.63) is 22.8 Å². The molecule has 0 aliphatic carbocycles. The van der Waals surface area contributed by atoms with Gasteiger partial charge < -0.3 is 10.6 Å². The number of nitrogens with two attached hydrogens (primary N) is 1. The fourth-order valence-electron chi connectivity index (χ4n) is 4.06. The Bertz CT molecular complexity index is 819. The number of piperazine rings is 1. The van der Waals surface area contributed by atoms with Gasteiger partial charge in [0.2, 0.25) is 5.91 Å². The van der Waals surface area contributed by atoms with Crippen LogP contribution in [-0.2, 0) is 4.79 Å². The van der Waals surface area contributed by atoms with Crippen molar-refractivity contribution in [2.24, 2.45) is 0 Å². The summed E-state index contributed by atoms with van der Waals surface area (Å²) in [6, 6.07) is 0.729. The van der Waals surface area contributed by atoms with Crippen LogP contribution < -0.4 is 5.73 Å². The second kappa shape index (κ2) is 6.25. The number of hydrogen-bond donors (Lipinski definition) is 1. The predicted molar refractivity (Wildman–Crippen MR) is 99.3 cm³/mol. The highest BCUT2D eigenvalue weighted by molar-refractivity contribution is 9.10. The minimum Gasteiger partial charge on any atom is -0.382 e. The van der Waals surface area contributed by atoms with Crippen LogP contribution in [0.1, 0.15) is 38.4 Å². The second-order valence-electron chi connectivity index (χ2n) is 7.29. The number of amides is 1. The lowest BCUT2D eigenvalue weighted by Crippen LogP contribution is -2.60. The summed E-state index contributed by atoms with van der Waals surface area (Å²) in [5, 5.41) is 0. The SMILES string of the molecule is CC(C)N1CC(=O)N2C[C@H](c3nc(Br)c4c(N)nccn34)CC[C@H]2C1. The standard InChI is InChI=1S/C17H23BrN6O/c1-10(2)22-8-12-4-3-11(7-24(12)13(25)9-22)17-21-15(18)14-16(19)20-5-6-23(14)17/h5-6,10-12H,3-4,7-9H2,1-2H3,(H2,19,20)/t11-,12+/m1/s1. The molecule has 2 aromatic rings. The zero-order valence-corrected chi connectivity index (χ0v) is 16.1.